The number of esters is 1. The fraction of sp³-hybridized carbons (Fsp3) is 0.364. The van der Waals surface area contributed by atoms with E-state index in [-0.39, 0.29) is 18.6 Å². The first-order valence-electron chi connectivity index (χ1n) is 9.48. The first kappa shape index (κ1) is 20.7. The van der Waals surface area contributed by atoms with Crippen molar-refractivity contribution in [3.63, 3.8) is 0 Å². The zero-order valence-electron chi connectivity index (χ0n) is 16.6. The molecule has 0 aromatic heterocycles. The predicted molar refractivity (Wildman–Crippen MR) is 106 cm³/mol. The molecule has 2 aromatic rings. The quantitative estimate of drug-likeness (QED) is 0.687. The molecule has 0 bridgehead atoms. The molecule has 1 atom stereocenters. The summed E-state index contributed by atoms with van der Waals surface area (Å²) in [5, 5.41) is 2.84. The summed E-state index contributed by atoms with van der Waals surface area (Å²) in [5.41, 5.74) is 1.60. The molecule has 1 saturated heterocycles. The topological polar surface area (TPSA) is 83.1 Å². The molecule has 2 aromatic carbocycles. The van der Waals surface area contributed by atoms with Gasteiger partial charge in [-0.3, -0.25) is 4.79 Å². The third-order valence-corrected chi connectivity index (χ3v) is 4.70. The first-order valence-corrected chi connectivity index (χ1v) is 9.48. The summed E-state index contributed by atoms with van der Waals surface area (Å²) < 4.78 is 21.2. The fourth-order valence-corrected chi connectivity index (χ4v) is 3.09. The van der Waals surface area contributed by atoms with Crippen LogP contribution in [0.3, 0.4) is 0 Å². The number of nitrogens with one attached hydrogen (secondary N) is 1. The minimum Gasteiger partial charge on any atom is -0.496 e. The molecule has 7 nitrogen and oxygen atoms in total. The van der Waals surface area contributed by atoms with Crippen LogP contribution in [-0.2, 0) is 16.0 Å². The molecule has 1 amide bonds. The van der Waals surface area contributed by atoms with Crippen molar-refractivity contribution in [2.45, 2.75) is 25.5 Å². The Morgan fingerprint density at radius 1 is 1.14 bits per heavy atom. The van der Waals surface area contributed by atoms with Crippen molar-refractivity contribution in [3.05, 3.63) is 59.2 Å². The maximum Gasteiger partial charge on any atom is 0.341 e. The van der Waals surface area contributed by atoms with Crippen LogP contribution >= 0.6 is 0 Å². The Labute approximate surface area is 169 Å². The van der Waals surface area contributed by atoms with Gasteiger partial charge in [0.25, 0.3) is 5.91 Å². The van der Waals surface area contributed by atoms with Gasteiger partial charge in [0.05, 0.1) is 20.3 Å². The van der Waals surface area contributed by atoms with E-state index < -0.39 is 5.97 Å². The predicted octanol–water partition coefficient (Wildman–Crippen LogP) is 2.97. The molecule has 1 heterocycles. The lowest BCUT2D eigenvalue weighted by atomic mass is 10.1. The molecule has 1 fully saturated rings. The van der Waals surface area contributed by atoms with E-state index in [9.17, 15) is 9.59 Å². The number of carbonyl (C=O) groups is 2. The summed E-state index contributed by atoms with van der Waals surface area (Å²) in [7, 11) is 2.79. The Hall–Kier alpha value is -3.06. The number of rotatable bonds is 8. The third kappa shape index (κ3) is 5.48. The van der Waals surface area contributed by atoms with Crippen molar-refractivity contribution in [1.29, 1.82) is 0 Å². The lowest BCUT2D eigenvalue weighted by molar-refractivity contribution is 0.0597. The minimum absolute atomic E-state index is 0.150. The minimum atomic E-state index is -0.492. The summed E-state index contributed by atoms with van der Waals surface area (Å²) in [5.74, 6) is 0.417. The Morgan fingerprint density at radius 2 is 1.93 bits per heavy atom. The lowest BCUT2D eigenvalue weighted by Gasteiger charge is -2.12. The molecule has 0 radical (unpaired) electrons. The van der Waals surface area contributed by atoms with Gasteiger partial charge in [-0.25, -0.2) is 4.79 Å². The van der Waals surface area contributed by atoms with Crippen LogP contribution in [0, 0.1) is 0 Å². The van der Waals surface area contributed by atoms with Gasteiger partial charge in [0.15, 0.2) is 0 Å². The Balaban J connectivity index is 1.55. The number of hydrogen-bond acceptors (Lipinski definition) is 6. The molecular formula is C22H25NO6. The van der Waals surface area contributed by atoms with E-state index in [1.165, 1.54) is 14.2 Å². The summed E-state index contributed by atoms with van der Waals surface area (Å²) in [4.78, 5) is 24.3. The van der Waals surface area contributed by atoms with E-state index in [0.717, 1.165) is 25.0 Å². The summed E-state index contributed by atoms with van der Waals surface area (Å²) in [6.45, 7) is 1.58. The van der Waals surface area contributed by atoms with Crippen molar-refractivity contribution in [2.75, 3.05) is 27.4 Å². The Morgan fingerprint density at radius 3 is 2.59 bits per heavy atom. The largest absolute Gasteiger partial charge is 0.496 e. The van der Waals surface area contributed by atoms with Crippen LogP contribution in [0.5, 0.6) is 11.5 Å². The van der Waals surface area contributed by atoms with E-state index in [4.69, 9.17) is 18.9 Å². The van der Waals surface area contributed by atoms with Crippen LogP contribution in [0.1, 0.15) is 39.1 Å². The molecule has 0 unspecified atom stereocenters. The van der Waals surface area contributed by atoms with Crippen molar-refractivity contribution in [1.82, 2.24) is 5.32 Å². The van der Waals surface area contributed by atoms with Crippen LogP contribution in [-0.4, -0.2) is 45.4 Å². The maximum absolute atomic E-state index is 12.4. The molecule has 7 heteroatoms. The molecule has 1 aliphatic rings. The average molecular weight is 399 g/mol. The van der Waals surface area contributed by atoms with E-state index in [1.54, 1.807) is 42.5 Å². The van der Waals surface area contributed by atoms with Gasteiger partial charge in [0, 0.05) is 18.7 Å². The lowest BCUT2D eigenvalue weighted by Crippen LogP contribution is -2.23. The molecule has 1 N–H and O–H groups in total. The normalized spacial score (nSPS) is 15.6. The smallest absolute Gasteiger partial charge is 0.341 e. The van der Waals surface area contributed by atoms with Crippen molar-refractivity contribution >= 4 is 11.9 Å². The molecule has 0 spiro atoms. The standard InChI is InChI=1S/C22H25NO6/c1-26-20-10-5-15(12-19(20)22(25)27-2)13-23-21(24)16-6-8-17(9-7-16)29-14-18-4-3-11-28-18/h5-10,12,18H,3-4,11,13-14H2,1-2H3,(H,23,24)/t18-/m0/s1. The van der Waals surface area contributed by atoms with Gasteiger partial charge in [-0.05, 0) is 54.8 Å². The Kier molecular flexibility index (Phi) is 7.08. The number of ether oxygens (including phenoxy) is 4. The molecule has 154 valence electrons. The highest BCUT2D eigenvalue weighted by molar-refractivity contribution is 5.94. The average Bonchev–Trinajstić information content (AvgIpc) is 3.29. The third-order valence-electron chi connectivity index (χ3n) is 4.70. The molecule has 0 aliphatic carbocycles. The van der Waals surface area contributed by atoms with E-state index in [0.29, 0.717) is 29.2 Å². The van der Waals surface area contributed by atoms with Crippen LogP contribution in [0.25, 0.3) is 0 Å². The molecule has 1 aliphatic heterocycles. The monoisotopic (exact) mass is 399 g/mol. The van der Waals surface area contributed by atoms with E-state index in [2.05, 4.69) is 5.32 Å². The van der Waals surface area contributed by atoms with Crippen LogP contribution < -0.4 is 14.8 Å². The number of amides is 1. The van der Waals surface area contributed by atoms with Crippen LogP contribution in [0.4, 0.5) is 0 Å². The summed E-state index contributed by atoms with van der Waals surface area (Å²) in [6.07, 6.45) is 2.24. The maximum atomic E-state index is 12.4. The van der Waals surface area contributed by atoms with Crippen LogP contribution in [0.2, 0.25) is 0 Å². The van der Waals surface area contributed by atoms with Crippen molar-refractivity contribution in [3.8, 4) is 11.5 Å². The van der Waals surface area contributed by atoms with Gasteiger partial charge < -0.3 is 24.3 Å². The Bertz CT molecular complexity index is 843. The second-order valence-corrected chi connectivity index (χ2v) is 6.68. The number of carbonyl (C=O) groups excluding carboxylic acids is 2. The van der Waals surface area contributed by atoms with E-state index >= 15 is 0 Å². The van der Waals surface area contributed by atoms with Gasteiger partial charge in [-0.15, -0.1) is 0 Å². The number of hydrogen-bond donors (Lipinski definition) is 1. The van der Waals surface area contributed by atoms with Gasteiger partial charge in [-0.2, -0.15) is 0 Å². The molecule has 29 heavy (non-hydrogen) atoms. The summed E-state index contributed by atoms with van der Waals surface area (Å²) in [6, 6.07) is 12.1. The fourth-order valence-electron chi connectivity index (χ4n) is 3.09. The van der Waals surface area contributed by atoms with Crippen molar-refractivity contribution < 1.29 is 28.5 Å². The highest BCUT2D eigenvalue weighted by atomic mass is 16.5. The highest BCUT2D eigenvalue weighted by Crippen LogP contribution is 2.21. The van der Waals surface area contributed by atoms with Gasteiger partial charge in [-0.1, -0.05) is 6.07 Å². The summed E-state index contributed by atoms with van der Waals surface area (Å²) >= 11 is 0. The van der Waals surface area contributed by atoms with Gasteiger partial charge in [0.2, 0.25) is 0 Å². The second kappa shape index (κ2) is 9.93. The van der Waals surface area contributed by atoms with Gasteiger partial charge in [0.1, 0.15) is 23.7 Å². The second-order valence-electron chi connectivity index (χ2n) is 6.68. The molecule has 0 saturated carbocycles. The SMILES string of the molecule is COC(=O)c1cc(CNC(=O)c2ccc(OC[C@@H]3CCCO3)cc2)ccc1OC. The number of methoxy groups -OCH3 is 2. The first-order chi connectivity index (χ1) is 14.1. The van der Waals surface area contributed by atoms with Gasteiger partial charge >= 0.3 is 5.97 Å². The zero-order chi connectivity index (χ0) is 20.6. The van der Waals surface area contributed by atoms with Crippen molar-refractivity contribution in [2.24, 2.45) is 0 Å². The van der Waals surface area contributed by atoms with Crippen LogP contribution in [0.15, 0.2) is 42.5 Å². The number of benzene rings is 2. The van der Waals surface area contributed by atoms with E-state index in [1.807, 2.05) is 0 Å². The molecule has 3 rings (SSSR count). The molecular weight excluding hydrogens is 374 g/mol. The zero-order valence-corrected chi connectivity index (χ0v) is 16.6. The highest BCUT2D eigenvalue weighted by Gasteiger charge is 2.16.